The van der Waals surface area contributed by atoms with Crippen LogP contribution in [0, 0.1) is 31.8 Å². The molecule has 0 saturated heterocycles. The molecule has 4 aromatic rings. The Morgan fingerprint density at radius 3 is 2.53 bits per heavy atom. The number of rotatable bonds is 8. The topological polar surface area (TPSA) is 113 Å². The quantitative estimate of drug-likeness (QED) is 0.225. The number of nitrogens with one attached hydrogen (secondary N) is 2. The smallest absolute Gasteiger partial charge is 0.331 e. The van der Waals surface area contributed by atoms with Crippen molar-refractivity contribution in [2.24, 2.45) is 0 Å². The van der Waals surface area contributed by atoms with Gasteiger partial charge in [0.2, 0.25) is 5.69 Å². The average molecular weight is 510 g/mol. The number of H-pyrrole nitrogens is 1. The molecule has 0 aliphatic carbocycles. The van der Waals surface area contributed by atoms with Crippen LogP contribution in [0.3, 0.4) is 0 Å². The van der Waals surface area contributed by atoms with Crippen LogP contribution in [0.1, 0.15) is 47.4 Å². The van der Waals surface area contributed by atoms with E-state index in [1.807, 2.05) is 39.0 Å². The van der Waals surface area contributed by atoms with E-state index in [9.17, 15) is 14.9 Å². The largest absolute Gasteiger partial charge is 0.480 e. The molecule has 0 spiro atoms. The van der Waals surface area contributed by atoms with Gasteiger partial charge < -0.3 is 24.2 Å². The molecule has 192 valence electrons. The van der Waals surface area contributed by atoms with Gasteiger partial charge in [0.1, 0.15) is 28.7 Å². The number of aromatic nitrogens is 2. The summed E-state index contributed by atoms with van der Waals surface area (Å²) < 4.78 is 12.7. The molecule has 2 heterocycles. The molecule has 0 aliphatic rings. The molecule has 0 radical (unpaired) electrons. The number of esters is 1. The average Bonchev–Trinajstić information content (AvgIpc) is 3.44. The maximum atomic E-state index is 12.9. The molecule has 0 saturated carbocycles. The number of benzene rings is 2. The minimum atomic E-state index is -0.668. The van der Waals surface area contributed by atoms with E-state index < -0.39 is 12.1 Å². The van der Waals surface area contributed by atoms with E-state index in [2.05, 4.69) is 21.2 Å². The number of aryl methyl sites for hydroxylation is 2. The maximum Gasteiger partial charge on any atom is 0.331 e. The molecule has 9 nitrogen and oxygen atoms in total. The van der Waals surface area contributed by atoms with Crippen molar-refractivity contribution in [1.82, 2.24) is 9.38 Å². The van der Waals surface area contributed by atoms with Crippen molar-refractivity contribution in [3.63, 3.8) is 0 Å². The Balaban J connectivity index is 1.60. The Kier molecular flexibility index (Phi) is 7.50. The van der Waals surface area contributed by atoms with Gasteiger partial charge in [-0.05, 0) is 51.0 Å². The van der Waals surface area contributed by atoms with E-state index >= 15 is 0 Å². The SMILES string of the molecule is [C-]#[N+]c1cn2c(-c3ccc(NC(=O)C(CC)Oc4ccc(C)cc4C)cc3)c(C#N)[nH]c2c1C(=O)OCC. The third kappa shape index (κ3) is 4.95. The number of hydrogen-bond acceptors (Lipinski definition) is 5. The van der Waals surface area contributed by atoms with Crippen molar-refractivity contribution >= 4 is 28.9 Å². The molecule has 1 unspecified atom stereocenters. The number of carbonyl (C=O) groups excluding carboxylic acids is 2. The second-order valence-corrected chi connectivity index (χ2v) is 8.75. The number of nitrogens with zero attached hydrogens (tertiary/aromatic N) is 3. The number of aromatic amines is 1. The number of amides is 1. The van der Waals surface area contributed by atoms with Gasteiger partial charge in [-0.3, -0.25) is 4.79 Å². The van der Waals surface area contributed by atoms with Crippen LogP contribution in [0.25, 0.3) is 21.7 Å². The third-order valence-corrected chi connectivity index (χ3v) is 6.11. The Hall–Kier alpha value is -5.02. The number of ether oxygens (including phenoxy) is 2. The molecular formula is C29H27N5O4. The van der Waals surface area contributed by atoms with Gasteiger partial charge in [0, 0.05) is 17.4 Å². The molecular weight excluding hydrogens is 482 g/mol. The maximum absolute atomic E-state index is 12.9. The monoisotopic (exact) mass is 509 g/mol. The van der Waals surface area contributed by atoms with E-state index in [0.717, 1.165) is 11.1 Å². The molecule has 0 bridgehead atoms. The summed E-state index contributed by atoms with van der Waals surface area (Å²) in [5.74, 6) is -0.237. The lowest BCUT2D eigenvalue weighted by molar-refractivity contribution is -0.122. The number of fused-ring (bicyclic) bond motifs is 1. The van der Waals surface area contributed by atoms with Gasteiger partial charge in [0.15, 0.2) is 6.10 Å². The zero-order chi connectivity index (χ0) is 27.4. The van der Waals surface area contributed by atoms with Gasteiger partial charge in [-0.15, -0.1) is 0 Å². The molecule has 0 fully saturated rings. The predicted molar refractivity (Wildman–Crippen MR) is 143 cm³/mol. The summed E-state index contributed by atoms with van der Waals surface area (Å²) in [6, 6.07) is 14.9. The lowest BCUT2D eigenvalue weighted by atomic mass is 10.1. The minimum absolute atomic E-state index is 0.0860. The minimum Gasteiger partial charge on any atom is -0.480 e. The van der Waals surface area contributed by atoms with E-state index in [1.165, 1.54) is 6.20 Å². The summed E-state index contributed by atoms with van der Waals surface area (Å²) in [6.07, 6.45) is 1.33. The van der Waals surface area contributed by atoms with Crippen LogP contribution in [-0.2, 0) is 9.53 Å². The summed E-state index contributed by atoms with van der Waals surface area (Å²) in [7, 11) is 0. The first-order valence-corrected chi connectivity index (χ1v) is 12.2. The van der Waals surface area contributed by atoms with Crippen molar-refractivity contribution in [2.45, 2.75) is 40.2 Å². The normalized spacial score (nSPS) is 11.4. The summed E-state index contributed by atoms with van der Waals surface area (Å²) in [5, 5.41) is 12.6. The Morgan fingerprint density at radius 1 is 1.18 bits per heavy atom. The summed E-state index contributed by atoms with van der Waals surface area (Å²) in [6.45, 7) is 15.1. The molecule has 1 amide bonds. The Morgan fingerprint density at radius 2 is 1.92 bits per heavy atom. The number of hydrogen-bond donors (Lipinski definition) is 2. The fourth-order valence-corrected chi connectivity index (χ4v) is 4.29. The van der Waals surface area contributed by atoms with Crippen molar-refractivity contribution in [3.8, 4) is 23.1 Å². The van der Waals surface area contributed by atoms with Gasteiger partial charge in [-0.2, -0.15) is 5.26 Å². The van der Waals surface area contributed by atoms with Crippen LogP contribution in [-0.4, -0.2) is 34.0 Å². The Bertz CT molecular complexity index is 1600. The van der Waals surface area contributed by atoms with Gasteiger partial charge in [-0.1, -0.05) is 36.8 Å². The second kappa shape index (κ2) is 10.9. The first-order chi connectivity index (χ1) is 18.3. The van der Waals surface area contributed by atoms with Crippen molar-refractivity contribution < 1.29 is 19.1 Å². The van der Waals surface area contributed by atoms with E-state index in [1.54, 1.807) is 35.6 Å². The number of nitriles is 1. The zero-order valence-electron chi connectivity index (χ0n) is 21.6. The standard InChI is InChI=1S/C29H27N5O4/c1-6-23(38-24-13-8-17(3)14-18(24)4)28(35)32-20-11-9-19(10-12-20)26-21(15-30)33-27-25(29(36)37-7-2)22(31-5)16-34(26)27/h8-14,16,23,33H,6-7H2,1-4H3,(H,32,35). The highest BCUT2D eigenvalue weighted by atomic mass is 16.5. The van der Waals surface area contributed by atoms with Crippen molar-refractivity contribution in [2.75, 3.05) is 11.9 Å². The summed E-state index contributed by atoms with van der Waals surface area (Å²) >= 11 is 0. The summed E-state index contributed by atoms with van der Waals surface area (Å²) in [5.41, 5.74) is 4.55. The van der Waals surface area contributed by atoms with Crippen LogP contribution in [0.2, 0.25) is 0 Å². The first-order valence-electron chi connectivity index (χ1n) is 12.2. The fraction of sp³-hybridized carbons (Fsp3) is 0.241. The summed E-state index contributed by atoms with van der Waals surface area (Å²) in [4.78, 5) is 31.8. The van der Waals surface area contributed by atoms with E-state index in [4.69, 9.17) is 16.0 Å². The van der Waals surface area contributed by atoms with Crippen LogP contribution in [0.4, 0.5) is 11.4 Å². The first kappa shape index (κ1) is 26.1. The second-order valence-electron chi connectivity index (χ2n) is 8.75. The van der Waals surface area contributed by atoms with Crippen molar-refractivity contribution in [3.05, 3.63) is 82.5 Å². The Labute approximate surface area is 220 Å². The zero-order valence-corrected chi connectivity index (χ0v) is 21.6. The highest BCUT2D eigenvalue weighted by Crippen LogP contribution is 2.34. The molecule has 4 rings (SSSR count). The van der Waals surface area contributed by atoms with Gasteiger partial charge in [0.25, 0.3) is 5.91 Å². The van der Waals surface area contributed by atoms with Crippen molar-refractivity contribution in [1.29, 1.82) is 5.26 Å². The fourth-order valence-electron chi connectivity index (χ4n) is 4.29. The predicted octanol–water partition coefficient (Wildman–Crippen LogP) is 5.95. The van der Waals surface area contributed by atoms with E-state index in [-0.39, 0.29) is 29.5 Å². The molecule has 2 aromatic heterocycles. The number of carbonyl (C=O) groups is 2. The lowest BCUT2D eigenvalue weighted by Crippen LogP contribution is -2.32. The van der Waals surface area contributed by atoms with Crippen LogP contribution < -0.4 is 10.1 Å². The molecule has 2 aromatic carbocycles. The third-order valence-electron chi connectivity index (χ3n) is 6.11. The molecule has 2 N–H and O–H groups in total. The molecule has 1 atom stereocenters. The van der Waals surface area contributed by atoms with Gasteiger partial charge in [-0.25, -0.2) is 9.64 Å². The molecule has 38 heavy (non-hydrogen) atoms. The highest BCUT2D eigenvalue weighted by Gasteiger charge is 2.25. The van der Waals surface area contributed by atoms with Gasteiger partial charge in [0.05, 0.1) is 18.9 Å². The van der Waals surface area contributed by atoms with E-state index in [0.29, 0.717) is 34.8 Å². The molecule has 9 heteroatoms. The lowest BCUT2D eigenvalue weighted by Gasteiger charge is -2.19. The van der Waals surface area contributed by atoms with Crippen LogP contribution in [0.15, 0.2) is 48.7 Å². The number of anilines is 1. The van der Waals surface area contributed by atoms with Crippen LogP contribution in [0.5, 0.6) is 5.75 Å². The van der Waals surface area contributed by atoms with Gasteiger partial charge >= 0.3 is 5.97 Å². The molecule has 0 aliphatic heterocycles. The van der Waals surface area contributed by atoms with Crippen LogP contribution >= 0.6 is 0 Å². The highest BCUT2D eigenvalue weighted by molar-refractivity contribution is 6.03. The number of imidazole rings is 1.